The van der Waals surface area contributed by atoms with Gasteiger partial charge in [0, 0.05) is 13.2 Å². The molecule has 0 saturated heterocycles. The molecular weight excluding hydrogens is 560 g/mol. The van der Waals surface area contributed by atoms with Gasteiger partial charge in [-0.2, -0.15) is 0 Å². The lowest BCUT2D eigenvalue weighted by molar-refractivity contribution is -0.139. The van der Waals surface area contributed by atoms with Crippen LogP contribution in [-0.4, -0.2) is 172 Å². The lowest BCUT2D eigenvalue weighted by Crippen LogP contribution is -2.15. The standard InChI is InChI=1S/C28H54O14/c1-3-28(29)42-27-26-41-25-24-40-23-22-39-21-20-38-19-18-37-17-16-36-15-14-35-13-12-34-11-10-33-9-8-32-7-6-31-5-4-30-2/h3H,1,4-27H2,2H3. The van der Waals surface area contributed by atoms with E-state index in [1.54, 1.807) is 7.11 Å². The zero-order valence-electron chi connectivity index (χ0n) is 25.5. The van der Waals surface area contributed by atoms with Crippen LogP contribution in [0, 0.1) is 0 Å². The van der Waals surface area contributed by atoms with E-state index < -0.39 is 5.97 Å². The first-order valence-corrected chi connectivity index (χ1v) is 14.4. The molecule has 42 heavy (non-hydrogen) atoms. The Morgan fingerprint density at radius 1 is 0.381 bits per heavy atom. The molecule has 14 heteroatoms. The van der Waals surface area contributed by atoms with E-state index in [9.17, 15) is 4.79 Å². The van der Waals surface area contributed by atoms with E-state index in [4.69, 9.17) is 61.6 Å². The quantitative estimate of drug-likeness (QED) is 0.0547. The highest BCUT2D eigenvalue weighted by molar-refractivity contribution is 5.81. The Morgan fingerprint density at radius 3 is 0.762 bits per heavy atom. The third-order valence-electron chi connectivity index (χ3n) is 4.79. The minimum absolute atomic E-state index is 0.198. The third-order valence-corrected chi connectivity index (χ3v) is 4.79. The molecule has 0 unspecified atom stereocenters. The molecule has 0 spiro atoms. The molecule has 0 aliphatic carbocycles. The van der Waals surface area contributed by atoms with Gasteiger partial charge in [-0.05, 0) is 0 Å². The van der Waals surface area contributed by atoms with Crippen LogP contribution in [0.1, 0.15) is 0 Å². The topological polar surface area (TPSA) is 137 Å². The summed E-state index contributed by atoms with van der Waals surface area (Å²) in [4.78, 5) is 10.8. The zero-order chi connectivity index (χ0) is 30.4. The van der Waals surface area contributed by atoms with Crippen LogP contribution in [0.5, 0.6) is 0 Å². The molecular formula is C28H54O14. The van der Waals surface area contributed by atoms with Crippen molar-refractivity contribution in [3.8, 4) is 0 Å². The van der Waals surface area contributed by atoms with Crippen LogP contribution >= 0.6 is 0 Å². The Hall–Kier alpha value is -1.27. The Balaban J connectivity index is 3.04. The van der Waals surface area contributed by atoms with Gasteiger partial charge >= 0.3 is 5.97 Å². The van der Waals surface area contributed by atoms with Gasteiger partial charge in [0.15, 0.2) is 0 Å². The molecule has 0 aromatic heterocycles. The number of carbonyl (C=O) groups is 1. The molecule has 0 atom stereocenters. The fourth-order valence-electron chi connectivity index (χ4n) is 2.70. The fourth-order valence-corrected chi connectivity index (χ4v) is 2.70. The summed E-state index contributed by atoms with van der Waals surface area (Å²) in [6.45, 7) is 15.0. The van der Waals surface area contributed by atoms with E-state index in [1.165, 1.54) is 0 Å². The van der Waals surface area contributed by atoms with Crippen LogP contribution in [0.3, 0.4) is 0 Å². The number of ether oxygens (including phenoxy) is 13. The molecule has 0 bridgehead atoms. The first kappa shape index (κ1) is 40.7. The molecule has 14 nitrogen and oxygen atoms in total. The molecule has 0 N–H and O–H groups in total. The molecule has 0 amide bonds. The van der Waals surface area contributed by atoms with E-state index >= 15 is 0 Å². The summed E-state index contributed by atoms with van der Waals surface area (Å²) in [7, 11) is 1.64. The van der Waals surface area contributed by atoms with Gasteiger partial charge in [0.25, 0.3) is 0 Å². The molecule has 0 aliphatic heterocycles. The largest absolute Gasteiger partial charge is 0.460 e. The predicted octanol–water partition coefficient (Wildman–Crippen LogP) is 0.545. The lowest BCUT2D eigenvalue weighted by Gasteiger charge is -2.09. The zero-order valence-corrected chi connectivity index (χ0v) is 25.5. The first-order chi connectivity index (χ1) is 20.8. The van der Waals surface area contributed by atoms with E-state index in [-0.39, 0.29) is 6.61 Å². The molecule has 0 aliphatic rings. The van der Waals surface area contributed by atoms with E-state index in [0.29, 0.717) is 152 Å². The molecule has 0 heterocycles. The third kappa shape index (κ3) is 36.8. The Kier molecular flexibility index (Phi) is 36.6. The van der Waals surface area contributed by atoms with Gasteiger partial charge in [-0.15, -0.1) is 0 Å². The highest BCUT2D eigenvalue weighted by Gasteiger charge is 1.97. The fraction of sp³-hybridized carbons (Fsp3) is 0.893. The monoisotopic (exact) mass is 614 g/mol. The first-order valence-electron chi connectivity index (χ1n) is 14.4. The Bertz CT molecular complexity index is 541. The molecule has 250 valence electrons. The molecule has 0 aromatic carbocycles. The minimum atomic E-state index is -0.459. The van der Waals surface area contributed by atoms with Gasteiger partial charge in [-0.1, -0.05) is 6.58 Å². The van der Waals surface area contributed by atoms with Crippen molar-refractivity contribution in [1.82, 2.24) is 0 Å². The van der Waals surface area contributed by atoms with Crippen molar-refractivity contribution in [2.45, 2.75) is 0 Å². The number of hydrogen-bond acceptors (Lipinski definition) is 14. The van der Waals surface area contributed by atoms with Gasteiger partial charge in [-0.3, -0.25) is 0 Å². The summed E-state index contributed by atoms with van der Waals surface area (Å²) >= 11 is 0. The van der Waals surface area contributed by atoms with Gasteiger partial charge in [0.05, 0.1) is 152 Å². The van der Waals surface area contributed by atoms with Gasteiger partial charge in [0.1, 0.15) is 6.61 Å². The molecule has 0 fully saturated rings. The summed E-state index contributed by atoms with van der Waals surface area (Å²) in [5, 5.41) is 0. The Labute approximate surface area is 251 Å². The highest BCUT2D eigenvalue weighted by Crippen LogP contribution is 1.87. The number of rotatable bonds is 37. The van der Waals surface area contributed by atoms with Crippen molar-refractivity contribution in [3.05, 3.63) is 12.7 Å². The van der Waals surface area contributed by atoms with Crippen molar-refractivity contribution in [3.63, 3.8) is 0 Å². The van der Waals surface area contributed by atoms with Crippen molar-refractivity contribution in [2.24, 2.45) is 0 Å². The van der Waals surface area contributed by atoms with Gasteiger partial charge in [-0.25, -0.2) is 4.79 Å². The molecule has 0 saturated carbocycles. The van der Waals surface area contributed by atoms with Gasteiger partial charge < -0.3 is 61.6 Å². The lowest BCUT2D eigenvalue weighted by atomic mass is 10.6. The normalized spacial score (nSPS) is 11.3. The maximum atomic E-state index is 10.8. The minimum Gasteiger partial charge on any atom is -0.460 e. The number of methoxy groups -OCH3 is 1. The summed E-state index contributed by atoms with van der Waals surface area (Å²) in [5.74, 6) is -0.459. The van der Waals surface area contributed by atoms with E-state index in [0.717, 1.165) is 6.08 Å². The second-order valence-corrected chi connectivity index (χ2v) is 8.10. The van der Waals surface area contributed by atoms with Crippen LogP contribution in [0.4, 0.5) is 0 Å². The predicted molar refractivity (Wildman–Crippen MR) is 152 cm³/mol. The smallest absolute Gasteiger partial charge is 0.330 e. The average molecular weight is 615 g/mol. The maximum Gasteiger partial charge on any atom is 0.330 e. The van der Waals surface area contributed by atoms with Crippen LogP contribution in [0.2, 0.25) is 0 Å². The highest BCUT2D eigenvalue weighted by atomic mass is 16.6. The number of carbonyl (C=O) groups excluding carboxylic acids is 1. The van der Waals surface area contributed by atoms with Crippen LogP contribution in [0.25, 0.3) is 0 Å². The average Bonchev–Trinajstić information content (AvgIpc) is 3.00. The molecule has 0 radical (unpaired) electrons. The SMILES string of the molecule is C=CC(=O)OCCOCCOCCOCCOCCOCCOCCOCCOCCOCCOCCOCCOC. The molecule has 0 aromatic rings. The molecule has 0 rings (SSSR count). The van der Waals surface area contributed by atoms with Gasteiger partial charge in [0.2, 0.25) is 0 Å². The second-order valence-electron chi connectivity index (χ2n) is 8.10. The van der Waals surface area contributed by atoms with E-state index in [1.807, 2.05) is 0 Å². The van der Waals surface area contributed by atoms with Crippen LogP contribution in [-0.2, 0) is 66.4 Å². The second kappa shape index (κ2) is 37.8. The summed E-state index contributed by atoms with van der Waals surface area (Å²) < 4.78 is 69.1. The van der Waals surface area contributed by atoms with Crippen molar-refractivity contribution >= 4 is 5.97 Å². The van der Waals surface area contributed by atoms with Crippen molar-refractivity contribution < 1.29 is 66.4 Å². The number of esters is 1. The van der Waals surface area contributed by atoms with Crippen LogP contribution < -0.4 is 0 Å². The summed E-state index contributed by atoms with van der Waals surface area (Å²) in [6.07, 6.45) is 1.11. The maximum absolute atomic E-state index is 10.8. The van der Waals surface area contributed by atoms with E-state index in [2.05, 4.69) is 6.58 Å². The Morgan fingerprint density at radius 2 is 0.571 bits per heavy atom. The van der Waals surface area contributed by atoms with Crippen molar-refractivity contribution in [2.75, 3.05) is 166 Å². The van der Waals surface area contributed by atoms with Crippen LogP contribution in [0.15, 0.2) is 12.7 Å². The summed E-state index contributed by atoms with van der Waals surface area (Å²) in [5.41, 5.74) is 0. The number of hydrogen-bond donors (Lipinski definition) is 0. The van der Waals surface area contributed by atoms with Crippen molar-refractivity contribution in [1.29, 1.82) is 0 Å². The summed E-state index contributed by atoms with van der Waals surface area (Å²) in [6, 6.07) is 0.